The van der Waals surface area contributed by atoms with Crippen LogP contribution in [0, 0.1) is 22.7 Å². The highest BCUT2D eigenvalue weighted by molar-refractivity contribution is 5.97. The van der Waals surface area contributed by atoms with Crippen LogP contribution in [0.1, 0.15) is 51.2 Å². The van der Waals surface area contributed by atoms with Crippen molar-refractivity contribution in [1.29, 1.82) is 0 Å². The summed E-state index contributed by atoms with van der Waals surface area (Å²) < 4.78 is 22.0. The Morgan fingerprint density at radius 3 is 2.20 bits per heavy atom. The van der Waals surface area contributed by atoms with Crippen molar-refractivity contribution in [2.75, 3.05) is 11.4 Å². The van der Waals surface area contributed by atoms with Crippen molar-refractivity contribution in [2.45, 2.75) is 65.2 Å². The lowest BCUT2D eigenvalue weighted by molar-refractivity contribution is -0.174. The van der Waals surface area contributed by atoms with Crippen LogP contribution in [0.5, 0.6) is 0 Å². The molecule has 0 radical (unpaired) electrons. The first-order chi connectivity index (χ1) is 21.5. The molecule has 45 heavy (non-hydrogen) atoms. The number of carbonyl (C=O) groups excluding carboxylic acids is 4. The van der Waals surface area contributed by atoms with Crippen LogP contribution in [0.2, 0.25) is 0 Å². The molecule has 2 N–H and O–H groups in total. The predicted molar refractivity (Wildman–Crippen MR) is 165 cm³/mol. The van der Waals surface area contributed by atoms with Crippen LogP contribution in [-0.2, 0) is 41.6 Å². The highest BCUT2D eigenvalue weighted by Gasteiger charge is 2.61. The quantitative estimate of drug-likeness (QED) is 0.170. The van der Waals surface area contributed by atoms with Crippen LogP contribution in [0.25, 0.3) is 0 Å². The first-order valence-corrected chi connectivity index (χ1v) is 15.2. The van der Waals surface area contributed by atoms with Gasteiger partial charge in [0.25, 0.3) is 0 Å². The van der Waals surface area contributed by atoms with E-state index in [0.29, 0.717) is 5.92 Å². The molecule has 1 aromatic heterocycles. The van der Waals surface area contributed by atoms with E-state index in [1.807, 2.05) is 36.4 Å². The molecular formula is C35H40N2O8. The third-order valence-corrected chi connectivity index (χ3v) is 9.38. The number of esters is 3. The maximum atomic E-state index is 13.8. The molecule has 2 fully saturated rings. The molecule has 2 bridgehead atoms. The minimum atomic E-state index is -1.50. The molecule has 10 heteroatoms. The summed E-state index contributed by atoms with van der Waals surface area (Å²) in [5.41, 5.74) is 7.51. The van der Waals surface area contributed by atoms with Gasteiger partial charge in [-0.25, -0.2) is 19.3 Å². The van der Waals surface area contributed by atoms with Crippen molar-refractivity contribution in [1.82, 2.24) is 0 Å². The zero-order chi connectivity index (χ0) is 32.2. The van der Waals surface area contributed by atoms with E-state index in [2.05, 4.69) is 20.8 Å². The van der Waals surface area contributed by atoms with Crippen molar-refractivity contribution in [2.24, 2.45) is 28.4 Å². The van der Waals surface area contributed by atoms with Crippen LogP contribution in [-0.4, -0.2) is 42.7 Å². The highest BCUT2D eigenvalue weighted by atomic mass is 16.6. The number of hydrogen-bond acceptors (Lipinski definition) is 9. The first kappa shape index (κ1) is 32.0. The van der Waals surface area contributed by atoms with E-state index in [0.717, 1.165) is 35.3 Å². The van der Waals surface area contributed by atoms with Crippen LogP contribution in [0.4, 0.5) is 10.7 Å². The fourth-order valence-electron chi connectivity index (χ4n) is 6.94. The third-order valence-electron chi connectivity index (χ3n) is 9.38. The number of nitrogens with two attached hydrogens (primary N) is 1. The normalized spacial score (nSPS) is 22.7. The molecule has 2 aliphatic rings. The third kappa shape index (κ3) is 7.12. The smallest absolute Gasteiger partial charge is 0.417 e. The summed E-state index contributed by atoms with van der Waals surface area (Å²) in [4.78, 5) is 53.9. The second kappa shape index (κ2) is 13.3. The van der Waals surface area contributed by atoms with Crippen molar-refractivity contribution >= 4 is 29.9 Å². The monoisotopic (exact) mass is 616 g/mol. The van der Waals surface area contributed by atoms with E-state index in [4.69, 9.17) is 24.4 Å². The Morgan fingerprint density at radius 1 is 0.933 bits per heavy atom. The van der Waals surface area contributed by atoms with Crippen LogP contribution < -0.4 is 10.6 Å². The van der Waals surface area contributed by atoms with Gasteiger partial charge in [0, 0.05) is 16.9 Å². The van der Waals surface area contributed by atoms with E-state index >= 15 is 0 Å². The predicted octanol–water partition coefficient (Wildman–Crippen LogP) is 5.44. The molecule has 3 aromatic rings. The lowest BCUT2D eigenvalue weighted by Crippen LogP contribution is -2.50. The Labute approximate surface area is 262 Å². The Bertz CT molecular complexity index is 1490. The van der Waals surface area contributed by atoms with Gasteiger partial charge in [-0.15, -0.1) is 0 Å². The zero-order valence-electron chi connectivity index (χ0n) is 25.8. The number of amides is 1. The molecule has 5 rings (SSSR count). The second-order valence-corrected chi connectivity index (χ2v) is 12.9. The van der Waals surface area contributed by atoms with Crippen molar-refractivity contribution in [3.63, 3.8) is 0 Å². The van der Waals surface area contributed by atoms with Gasteiger partial charge in [-0.2, -0.15) is 0 Å². The first-order valence-electron chi connectivity index (χ1n) is 15.2. The molecule has 2 saturated carbocycles. The van der Waals surface area contributed by atoms with E-state index in [1.165, 1.54) is 18.4 Å². The molecule has 2 aliphatic carbocycles. The second-order valence-electron chi connectivity index (χ2n) is 12.9. The minimum Gasteiger partial charge on any atom is -0.461 e. The molecule has 2 aromatic carbocycles. The maximum absolute atomic E-state index is 13.8. The summed E-state index contributed by atoms with van der Waals surface area (Å²) in [5, 5.41) is 0. The van der Waals surface area contributed by atoms with E-state index in [-0.39, 0.29) is 35.8 Å². The van der Waals surface area contributed by atoms with Crippen LogP contribution in [0.15, 0.2) is 83.5 Å². The Balaban J connectivity index is 1.27. The fourth-order valence-corrected chi connectivity index (χ4v) is 6.94. The molecule has 4 unspecified atom stereocenters. The maximum Gasteiger partial charge on any atom is 0.417 e. The Morgan fingerprint density at radius 2 is 1.60 bits per heavy atom. The molecule has 238 valence electrons. The highest BCUT2D eigenvalue weighted by Crippen LogP contribution is 2.63. The van der Waals surface area contributed by atoms with Crippen molar-refractivity contribution in [3.8, 4) is 0 Å². The van der Waals surface area contributed by atoms with Gasteiger partial charge in [-0.3, -0.25) is 4.79 Å². The lowest BCUT2D eigenvalue weighted by atomic mass is 9.70. The molecular weight excluding hydrogens is 576 g/mol. The van der Waals surface area contributed by atoms with Crippen molar-refractivity contribution in [3.05, 3.63) is 90.2 Å². The number of ether oxygens (including phenoxy) is 3. The molecule has 1 amide bonds. The molecule has 5 atom stereocenters. The molecule has 10 nitrogen and oxygen atoms in total. The number of nitrogens with zero attached hydrogens (tertiary/aromatic N) is 1. The zero-order valence-corrected chi connectivity index (χ0v) is 25.8. The number of benzene rings is 2. The summed E-state index contributed by atoms with van der Waals surface area (Å²) >= 11 is 0. The molecule has 0 saturated heterocycles. The summed E-state index contributed by atoms with van der Waals surface area (Å²) in [5.74, 6) is -3.42. The Hall–Kier alpha value is -4.44. The average Bonchev–Trinajstić information content (AvgIpc) is 3.75. The number of fused-ring (bicyclic) bond motifs is 2. The van der Waals surface area contributed by atoms with E-state index in [9.17, 15) is 19.2 Å². The van der Waals surface area contributed by atoms with Crippen LogP contribution >= 0.6 is 0 Å². The number of carbonyl (C=O) groups is 4. The van der Waals surface area contributed by atoms with Gasteiger partial charge in [0.15, 0.2) is 0 Å². The number of anilines is 1. The summed E-state index contributed by atoms with van der Waals surface area (Å²) in [6, 6.07) is 19.7. The van der Waals surface area contributed by atoms with Crippen LogP contribution in [0.3, 0.4) is 0 Å². The van der Waals surface area contributed by atoms with Gasteiger partial charge in [0.1, 0.15) is 25.3 Å². The van der Waals surface area contributed by atoms with Gasteiger partial charge in [-0.1, -0.05) is 81.4 Å². The van der Waals surface area contributed by atoms with Gasteiger partial charge in [0.2, 0.25) is 5.88 Å². The SMILES string of the molecule is CC12CCC(C1)C(C)(C)C2OC(=O)C(Cc1ccccc1)[C@H](N)C(=O)OC(=O)CN(C(=O)OCc1ccccc1)c1ccco1. The fraction of sp³-hybridized carbons (Fsp3) is 0.429. The van der Waals surface area contributed by atoms with Gasteiger partial charge in [-0.05, 0) is 48.8 Å². The Kier molecular flexibility index (Phi) is 9.43. The number of hydrogen-bond donors (Lipinski definition) is 1. The summed E-state index contributed by atoms with van der Waals surface area (Å²) in [7, 11) is 0. The summed E-state index contributed by atoms with van der Waals surface area (Å²) in [6.45, 7) is 5.65. The van der Waals surface area contributed by atoms with Gasteiger partial charge >= 0.3 is 24.0 Å². The number of rotatable bonds is 11. The summed E-state index contributed by atoms with van der Waals surface area (Å²) in [6.07, 6.45) is 3.26. The molecule has 0 spiro atoms. The largest absolute Gasteiger partial charge is 0.461 e. The standard InChI is InChI=1S/C35H40N2O8/c1-34(2)25-16-17-35(3,20-25)32(34)45-30(39)26(19-23-11-6-4-7-12-23)29(36)31(40)44-28(38)21-37(27-15-10-18-42-27)33(41)43-22-24-13-8-5-9-14-24/h4-15,18,25-26,29,32H,16-17,19-22,36H2,1-3H3/t25?,26?,29-,32?,35?/m0/s1. The topological polar surface area (TPSA) is 138 Å². The average molecular weight is 617 g/mol. The molecule has 1 heterocycles. The number of furan rings is 1. The molecule has 0 aliphatic heterocycles. The van der Waals surface area contributed by atoms with Gasteiger partial charge < -0.3 is 24.4 Å². The van der Waals surface area contributed by atoms with Gasteiger partial charge in [0.05, 0.1) is 12.2 Å². The minimum absolute atomic E-state index is 0.0225. The lowest BCUT2D eigenvalue weighted by Gasteiger charge is -2.42. The van der Waals surface area contributed by atoms with E-state index in [1.54, 1.807) is 24.3 Å². The van der Waals surface area contributed by atoms with Crippen molar-refractivity contribution < 1.29 is 37.8 Å². The van der Waals surface area contributed by atoms with E-state index < -0.39 is 42.5 Å².